The van der Waals surface area contributed by atoms with Crippen LogP contribution in [0.15, 0.2) is 58.3 Å². The van der Waals surface area contributed by atoms with E-state index in [0.717, 1.165) is 53.5 Å². The van der Waals surface area contributed by atoms with Gasteiger partial charge in [-0.1, -0.05) is 24.3 Å². The Bertz CT molecular complexity index is 1090. The zero-order valence-corrected chi connectivity index (χ0v) is 19.1. The van der Waals surface area contributed by atoms with Gasteiger partial charge in [-0.05, 0) is 59.6 Å². The maximum atomic E-state index is 12.8. The number of carbonyl (C=O) groups excluding carboxylic acids is 1. The van der Waals surface area contributed by atoms with Crippen molar-refractivity contribution in [1.82, 2.24) is 10.2 Å². The third-order valence-electron chi connectivity index (χ3n) is 7.16. The second kappa shape index (κ2) is 9.80. The molecule has 4 aliphatic rings. The second-order valence-electron chi connectivity index (χ2n) is 9.33. The number of benzene rings is 1. The first-order chi connectivity index (χ1) is 16.5. The zero-order chi connectivity index (χ0) is 23.7. The summed E-state index contributed by atoms with van der Waals surface area (Å²) in [5.41, 5.74) is 12.7. The maximum Gasteiger partial charge on any atom is 0.251 e. The third kappa shape index (κ3) is 4.83. The highest BCUT2D eigenvalue weighted by molar-refractivity contribution is 5.97. The summed E-state index contributed by atoms with van der Waals surface area (Å²) < 4.78 is 31.4. The molecule has 0 saturated carbocycles. The van der Waals surface area contributed by atoms with Gasteiger partial charge in [0.05, 0.1) is 19.3 Å². The van der Waals surface area contributed by atoms with Crippen LogP contribution in [-0.4, -0.2) is 62.0 Å². The van der Waals surface area contributed by atoms with Crippen LogP contribution in [0, 0.1) is 0 Å². The van der Waals surface area contributed by atoms with Gasteiger partial charge in [-0.2, -0.15) is 0 Å². The smallest absolute Gasteiger partial charge is 0.251 e. The van der Waals surface area contributed by atoms with Crippen molar-refractivity contribution in [2.45, 2.75) is 44.1 Å². The molecule has 1 aromatic carbocycles. The van der Waals surface area contributed by atoms with E-state index in [9.17, 15) is 13.6 Å². The van der Waals surface area contributed by atoms with E-state index in [1.165, 1.54) is 5.57 Å². The van der Waals surface area contributed by atoms with E-state index < -0.39 is 6.43 Å². The molecule has 0 bridgehead atoms. The summed E-state index contributed by atoms with van der Waals surface area (Å²) in [6.07, 6.45) is 6.90. The molecule has 34 heavy (non-hydrogen) atoms. The molecule has 0 radical (unpaired) electrons. The van der Waals surface area contributed by atoms with Crippen molar-refractivity contribution >= 4 is 11.7 Å². The second-order valence-corrected chi connectivity index (χ2v) is 9.33. The van der Waals surface area contributed by atoms with Gasteiger partial charge < -0.3 is 15.8 Å². The molecule has 6 nitrogen and oxygen atoms in total. The number of alkyl halides is 2. The van der Waals surface area contributed by atoms with Gasteiger partial charge in [0.2, 0.25) is 0 Å². The van der Waals surface area contributed by atoms with Crippen LogP contribution in [0.5, 0.6) is 0 Å². The average molecular weight is 469 g/mol. The standard InChI is InChI=1S/C26H30F2N4O2/c27-24(28)15-32-9-10-34-23(14-32)17-3-1-16(2-4-17)20-12-22(25(29)31-13-20)18-5-6-21-19(11-18)7-8-30-26(21)33/h1,3,5-6,11,13,22-24H,2,4,7-10,12,14-15H2,(H2,29,31)(H,30,33). The van der Waals surface area contributed by atoms with Crippen molar-refractivity contribution in [3.05, 3.63) is 70.0 Å². The monoisotopic (exact) mass is 468 g/mol. The quantitative estimate of drug-likeness (QED) is 0.695. The summed E-state index contributed by atoms with van der Waals surface area (Å²) in [7, 11) is 0. The Labute approximate surface area is 198 Å². The van der Waals surface area contributed by atoms with E-state index in [1.807, 2.05) is 18.3 Å². The molecule has 3 N–H and O–H groups in total. The molecule has 180 valence electrons. The van der Waals surface area contributed by atoms with Crippen molar-refractivity contribution in [2.24, 2.45) is 10.7 Å². The largest absolute Gasteiger partial charge is 0.387 e. The fourth-order valence-corrected chi connectivity index (χ4v) is 5.26. The number of aliphatic imine (C=N–C) groups is 1. The molecule has 1 fully saturated rings. The van der Waals surface area contributed by atoms with Crippen LogP contribution in [0.4, 0.5) is 8.78 Å². The summed E-state index contributed by atoms with van der Waals surface area (Å²) in [4.78, 5) is 18.4. The third-order valence-corrected chi connectivity index (χ3v) is 7.16. The van der Waals surface area contributed by atoms with E-state index in [4.69, 9.17) is 10.5 Å². The highest BCUT2D eigenvalue weighted by Crippen LogP contribution is 2.36. The fraction of sp³-hybridized carbons (Fsp3) is 0.462. The van der Waals surface area contributed by atoms with E-state index in [2.05, 4.69) is 28.5 Å². The molecule has 2 unspecified atom stereocenters. The van der Waals surface area contributed by atoms with Gasteiger partial charge in [0.1, 0.15) is 5.84 Å². The van der Waals surface area contributed by atoms with Gasteiger partial charge >= 0.3 is 0 Å². The van der Waals surface area contributed by atoms with Gasteiger partial charge in [0.15, 0.2) is 0 Å². The number of amides is 1. The van der Waals surface area contributed by atoms with Crippen LogP contribution in [0.1, 0.15) is 46.7 Å². The number of fused-ring (bicyclic) bond motifs is 1. The SMILES string of the molecule is NC1=NC=C(C2=CC=C(C3CN(CC(F)F)CCO3)CC2)CC1c1ccc2c(c1)CCNC2=O. The van der Waals surface area contributed by atoms with Crippen molar-refractivity contribution in [1.29, 1.82) is 0 Å². The summed E-state index contributed by atoms with van der Waals surface area (Å²) in [5, 5.41) is 2.88. The van der Waals surface area contributed by atoms with E-state index >= 15 is 0 Å². The fourth-order valence-electron chi connectivity index (χ4n) is 5.26. The first kappa shape index (κ1) is 22.9. The summed E-state index contributed by atoms with van der Waals surface area (Å²) in [6.45, 7) is 2.00. The molecule has 2 atom stereocenters. The molecule has 8 heteroatoms. The zero-order valence-electron chi connectivity index (χ0n) is 19.1. The normalized spacial score (nSPS) is 25.7. The minimum Gasteiger partial charge on any atom is -0.387 e. The molecule has 5 rings (SSSR count). The highest BCUT2D eigenvalue weighted by atomic mass is 19.3. The average Bonchev–Trinajstić information content (AvgIpc) is 2.84. The predicted octanol–water partition coefficient (Wildman–Crippen LogP) is 3.31. The van der Waals surface area contributed by atoms with Gasteiger partial charge in [-0.15, -0.1) is 0 Å². The molecule has 3 heterocycles. The minimum atomic E-state index is -2.32. The number of nitrogens with one attached hydrogen (secondary N) is 1. The van der Waals surface area contributed by atoms with Gasteiger partial charge in [-0.3, -0.25) is 9.69 Å². The summed E-state index contributed by atoms with van der Waals surface area (Å²) in [5.74, 6) is 0.547. The predicted molar refractivity (Wildman–Crippen MR) is 127 cm³/mol. The molecular weight excluding hydrogens is 438 g/mol. The van der Waals surface area contributed by atoms with Crippen molar-refractivity contribution < 1.29 is 18.3 Å². The number of hydrogen-bond acceptors (Lipinski definition) is 5. The molecule has 1 aliphatic carbocycles. The van der Waals surface area contributed by atoms with Crippen LogP contribution in [0.3, 0.4) is 0 Å². The van der Waals surface area contributed by atoms with Crippen LogP contribution >= 0.6 is 0 Å². The Balaban J connectivity index is 1.29. The number of allylic oxidation sites excluding steroid dienone is 4. The summed E-state index contributed by atoms with van der Waals surface area (Å²) >= 11 is 0. The number of ether oxygens (including phenoxy) is 1. The van der Waals surface area contributed by atoms with E-state index in [-0.39, 0.29) is 24.5 Å². The molecular formula is C26H30F2N4O2. The highest BCUT2D eigenvalue weighted by Gasteiger charge is 2.28. The lowest BCUT2D eigenvalue weighted by Crippen LogP contribution is -2.45. The number of morpholine rings is 1. The number of halogens is 2. The number of rotatable bonds is 5. The topological polar surface area (TPSA) is 79.9 Å². The summed E-state index contributed by atoms with van der Waals surface area (Å²) in [6, 6.07) is 5.97. The van der Waals surface area contributed by atoms with Crippen LogP contribution in [0.25, 0.3) is 0 Å². The Kier molecular flexibility index (Phi) is 6.61. The number of carbonyl (C=O) groups is 1. The molecule has 1 saturated heterocycles. The van der Waals surface area contributed by atoms with Crippen LogP contribution in [-0.2, 0) is 11.2 Å². The Morgan fingerprint density at radius 2 is 2.09 bits per heavy atom. The van der Waals surface area contributed by atoms with Gasteiger partial charge in [0.25, 0.3) is 12.3 Å². The number of nitrogens with zero attached hydrogens (tertiary/aromatic N) is 2. The lowest BCUT2D eigenvalue weighted by molar-refractivity contribution is -0.0299. The van der Waals surface area contributed by atoms with Crippen molar-refractivity contribution in [3.63, 3.8) is 0 Å². The lowest BCUT2D eigenvalue weighted by atomic mass is 9.82. The molecule has 3 aliphatic heterocycles. The van der Waals surface area contributed by atoms with Gasteiger partial charge in [0, 0.05) is 37.3 Å². The lowest BCUT2D eigenvalue weighted by Gasteiger charge is -2.35. The van der Waals surface area contributed by atoms with E-state index in [1.54, 1.807) is 4.90 Å². The Morgan fingerprint density at radius 3 is 2.88 bits per heavy atom. The number of hydrogen-bond donors (Lipinski definition) is 2. The first-order valence-corrected chi connectivity index (χ1v) is 11.9. The van der Waals surface area contributed by atoms with Crippen molar-refractivity contribution in [3.8, 4) is 0 Å². The van der Waals surface area contributed by atoms with Crippen molar-refractivity contribution in [2.75, 3.05) is 32.8 Å². The van der Waals surface area contributed by atoms with Crippen LogP contribution < -0.4 is 11.1 Å². The number of nitrogens with two attached hydrogens (primary N) is 1. The Hall–Kier alpha value is -2.84. The Morgan fingerprint density at radius 1 is 1.21 bits per heavy atom. The van der Waals surface area contributed by atoms with Gasteiger partial charge in [-0.25, -0.2) is 13.8 Å². The number of amidine groups is 1. The molecule has 1 aromatic rings. The minimum absolute atomic E-state index is 0.0205. The van der Waals surface area contributed by atoms with E-state index in [0.29, 0.717) is 32.1 Å². The molecule has 0 spiro atoms. The molecule has 1 amide bonds. The van der Waals surface area contributed by atoms with Crippen LogP contribution in [0.2, 0.25) is 0 Å². The first-order valence-electron chi connectivity index (χ1n) is 11.9. The molecule has 0 aromatic heterocycles. The maximum absolute atomic E-state index is 12.8.